The summed E-state index contributed by atoms with van der Waals surface area (Å²) in [4.78, 5) is 0. The second kappa shape index (κ2) is 5.92. The van der Waals surface area contributed by atoms with Crippen molar-refractivity contribution in [1.82, 2.24) is 0 Å². The molecular formula is C16H17ClO. The summed E-state index contributed by atoms with van der Waals surface area (Å²) in [5.41, 5.74) is 5.06. The van der Waals surface area contributed by atoms with E-state index < -0.39 is 0 Å². The Kier molecular flexibility index (Phi) is 4.27. The first-order valence-corrected chi connectivity index (χ1v) is 6.60. The van der Waals surface area contributed by atoms with E-state index in [4.69, 9.17) is 16.3 Å². The molecule has 0 aliphatic carbocycles. The first-order valence-electron chi connectivity index (χ1n) is 6.07. The highest BCUT2D eigenvalue weighted by Gasteiger charge is 2.02. The van der Waals surface area contributed by atoms with Gasteiger partial charge in [-0.1, -0.05) is 35.9 Å². The SMILES string of the molecule is Cc1ccc(C)c(-c2ccc(OCCCl)cc2)c1. The fourth-order valence-corrected chi connectivity index (χ4v) is 2.01. The Balaban J connectivity index is 2.25. The summed E-state index contributed by atoms with van der Waals surface area (Å²) in [6, 6.07) is 14.7. The molecule has 0 saturated carbocycles. The van der Waals surface area contributed by atoms with Gasteiger partial charge in [-0.25, -0.2) is 0 Å². The predicted octanol–water partition coefficient (Wildman–Crippen LogP) is 4.59. The zero-order chi connectivity index (χ0) is 13.0. The van der Waals surface area contributed by atoms with Gasteiger partial charge in [0.05, 0.1) is 5.88 Å². The van der Waals surface area contributed by atoms with Crippen LogP contribution in [0.25, 0.3) is 11.1 Å². The number of halogens is 1. The summed E-state index contributed by atoms with van der Waals surface area (Å²) >= 11 is 5.59. The Morgan fingerprint density at radius 1 is 1.00 bits per heavy atom. The summed E-state index contributed by atoms with van der Waals surface area (Å²) in [7, 11) is 0. The molecule has 0 saturated heterocycles. The van der Waals surface area contributed by atoms with Gasteiger partial charge in [0.2, 0.25) is 0 Å². The minimum absolute atomic E-state index is 0.513. The standard InChI is InChI=1S/C16H17ClO/c1-12-3-4-13(2)16(11-12)14-5-7-15(8-6-14)18-10-9-17/h3-8,11H,9-10H2,1-2H3. The van der Waals surface area contributed by atoms with E-state index in [1.807, 2.05) is 12.1 Å². The highest BCUT2D eigenvalue weighted by Crippen LogP contribution is 2.26. The van der Waals surface area contributed by atoms with E-state index in [0.29, 0.717) is 12.5 Å². The van der Waals surface area contributed by atoms with Crippen molar-refractivity contribution in [1.29, 1.82) is 0 Å². The minimum atomic E-state index is 0.513. The molecule has 0 amide bonds. The number of aryl methyl sites for hydroxylation is 2. The van der Waals surface area contributed by atoms with Crippen molar-refractivity contribution < 1.29 is 4.74 Å². The van der Waals surface area contributed by atoms with Crippen LogP contribution in [-0.2, 0) is 0 Å². The van der Waals surface area contributed by atoms with Crippen LogP contribution in [0.4, 0.5) is 0 Å². The maximum absolute atomic E-state index is 5.59. The van der Waals surface area contributed by atoms with Crippen molar-refractivity contribution in [2.45, 2.75) is 13.8 Å². The fourth-order valence-electron chi connectivity index (χ4n) is 1.93. The van der Waals surface area contributed by atoms with Crippen LogP contribution in [0.3, 0.4) is 0 Å². The van der Waals surface area contributed by atoms with Crippen molar-refractivity contribution >= 4 is 11.6 Å². The zero-order valence-corrected chi connectivity index (χ0v) is 11.5. The molecule has 0 aliphatic heterocycles. The molecule has 0 heterocycles. The number of benzene rings is 2. The van der Waals surface area contributed by atoms with E-state index in [0.717, 1.165) is 5.75 Å². The van der Waals surface area contributed by atoms with Crippen LogP contribution in [0, 0.1) is 13.8 Å². The van der Waals surface area contributed by atoms with Crippen molar-refractivity contribution in [2.24, 2.45) is 0 Å². The van der Waals surface area contributed by atoms with Gasteiger partial charge >= 0.3 is 0 Å². The molecule has 0 spiro atoms. The van der Waals surface area contributed by atoms with Gasteiger partial charge < -0.3 is 4.74 Å². The molecule has 94 valence electrons. The van der Waals surface area contributed by atoms with Gasteiger partial charge in [-0.15, -0.1) is 11.6 Å². The molecule has 2 aromatic carbocycles. The minimum Gasteiger partial charge on any atom is -0.492 e. The first-order chi connectivity index (χ1) is 8.70. The maximum Gasteiger partial charge on any atom is 0.119 e. The van der Waals surface area contributed by atoms with E-state index in [-0.39, 0.29) is 0 Å². The van der Waals surface area contributed by atoms with Gasteiger partial charge in [-0.2, -0.15) is 0 Å². The van der Waals surface area contributed by atoms with Crippen LogP contribution < -0.4 is 4.74 Å². The Labute approximate surface area is 113 Å². The van der Waals surface area contributed by atoms with Crippen molar-refractivity contribution in [3.05, 3.63) is 53.6 Å². The average molecular weight is 261 g/mol. The van der Waals surface area contributed by atoms with E-state index in [1.54, 1.807) is 0 Å². The number of alkyl halides is 1. The monoisotopic (exact) mass is 260 g/mol. The van der Waals surface area contributed by atoms with Crippen LogP contribution in [0.5, 0.6) is 5.75 Å². The highest BCUT2D eigenvalue weighted by molar-refractivity contribution is 6.18. The smallest absolute Gasteiger partial charge is 0.119 e. The molecule has 0 unspecified atom stereocenters. The lowest BCUT2D eigenvalue weighted by Gasteiger charge is -2.09. The Morgan fingerprint density at radius 2 is 1.72 bits per heavy atom. The molecule has 0 atom stereocenters. The van der Waals surface area contributed by atoms with Crippen LogP contribution >= 0.6 is 11.6 Å². The lowest BCUT2D eigenvalue weighted by molar-refractivity contribution is 0.343. The Morgan fingerprint density at radius 3 is 2.39 bits per heavy atom. The molecule has 2 heteroatoms. The normalized spacial score (nSPS) is 10.4. The largest absolute Gasteiger partial charge is 0.492 e. The molecule has 0 aromatic heterocycles. The number of rotatable bonds is 4. The molecule has 0 bridgehead atoms. The number of hydrogen-bond acceptors (Lipinski definition) is 1. The first kappa shape index (κ1) is 13.0. The topological polar surface area (TPSA) is 9.23 Å². The third kappa shape index (κ3) is 3.05. The molecule has 1 nitrogen and oxygen atoms in total. The van der Waals surface area contributed by atoms with Crippen LogP contribution in [-0.4, -0.2) is 12.5 Å². The summed E-state index contributed by atoms with van der Waals surface area (Å²) in [6.45, 7) is 4.79. The molecule has 18 heavy (non-hydrogen) atoms. The quantitative estimate of drug-likeness (QED) is 0.731. The van der Waals surface area contributed by atoms with Gasteiger partial charge in [0.25, 0.3) is 0 Å². The van der Waals surface area contributed by atoms with Crippen molar-refractivity contribution in [3.63, 3.8) is 0 Å². The third-order valence-electron chi connectivity index (χ3n) is 2.90. The average Bonchev–Trinajstić information content (AvgIpc) is 2.40. The second-order valence-electron chi connectivity index (χ2n) is 4.38. The Hall–Kier alpha value is -1.47. The van der Waals surface area contributed by atoms with E-state index in [2.05, 4.69) is 44.2 Å². The third-order valence-corrected chi connectivity index (χ3v) is 3.06. The summed E-state index contributed by atoms with van der Waals surface area (Å²) in [5, 5.41) is 0. The fraction of sp³-hybridized carbons (Fsp3) is 0.250. The molecule has 2 aromatic rings. The van der Waals surface area contributed by atoms with Gasteiger partial charge in [0, 0.05) is 0 Å². The maximum atomic E-state index is 5.59. The van der Waals surface area contributed by atoms with Gasteiger partial charge in [0.15, 0.2) is 0 Å². The number of hydrogen-bond donors (Lipinski definition) is 0. The highest BCUT2D eigenvalue weighted by atomic mass is 35.5. The molecule has 0 radical (unpaired) electrons. The summed E-state index contributed by atoms with van der Waals surface area (Å²) < 4.78 is 5.47. The second-order valence-corrected chi connectivity index (χ2v) is 4.76. The molecular weight excluding hydrogens is 244 g/mol. The molecule has 0 fully saturated rings. The zero-order valence-electron chi connectivity index (χ0n) is 10.7. The van der Waals surface area contributed by atoms with Crippen molar-refractivity contribution in [2.75, 3.05) is 12.5 Å². The van der Waals surface area contributed by atoms with Crippen LogP contribution in [0.1, 0.15) is 11.1 Å². The Bertz CT molecular complexity index is 517. The molecule has 0 N–H and O–H groups in total. The van der Waals surface area contributed by atoms with Crippen molar-refractivity contribution in [3.8, 4) is 16.9 Å². The van der Waals surface area contributed by atoms with Crippen LogP contribution in [0.2, 0.25) is 0 Å². The van der Waals surface area contributed by atoms with E-state index in [9.17, 15) is 0 Å². The number of ether oxygens (including phenoxy) is 1. The van der Waals surface area contributed by atoms with Gasteiger partial charge in [-0.3, -0.25) is 0 Å². The molecule has 0 aliphatic rings. The predicted molar refractivity (Wildman–Crippen MR) is 77.6 cm³/mol. The summed E-state index contributed by atoms with van der Waals surface area (Å²) in [5.74, 6) is 1.38. The van der Waals surface area contributed by atoms with Gasteiger partial charge in [0.1, 0.15) is 12.4 Å². The van der Waals surface area contributed by atoms with E-state index in [1.165, 1.54) is 22.3 Å². The van der Waals surface area contributed by atoms with E-state index >= 15 is 0 Å². The lowest BCUT2D eigenvalue weighted by Crippen LogP contribution is -1.97. The molecule has 2 rings (SSSR count). The van der Waals surface area contributed by atoms with Gasteiger partial charge in [-0.05, 0) is 42.7 Å². The lowest BCUT2D eigenvalue weighted by atomic mass is 9.98. The van der Waals surface area contributed by atoms with Crippen LogP contribution in [0.15, 0.2) is 42.5 Å². The summed E-state index contributed by atoms with van der Waals surface area (Å²) in [6.07, 6.45) is 0.